The third-order valence-electron chi connectivity index (χ3n) is 11.9. The number of carbonyl (C=O) groups is 2. The number of Topliss-reactive ketones (excluding diaryl/α,β-unsaturated/α-hetero) is 1. The van der Waals surface area contributed by atoms with Crippen molar-refractivity contribution in [2.45, 2.75) is 94.5 Å². The minimum absolute atomic E-state index is 0.112. The van der Waals surface area contributed by atoms with Crippen LogP contribution < -0.4 is 0 Å². The molecule has 0 aromatic rings. The molecule has 8 aliphatic rings. The summed E-state index contributed by atoms with van der Waals surface area (Å²) in [5, 5.41) is 24.3. The van der Waals surface area contributed by atoms with Gasteiger partial charge in [0.05, 0.1) is 23.7 Å². The zero-order valence-corrected chi connectivity index (χ0v) is 22.3. The molecule has 4 aliphatic carbocycles. The number of fused-ring (bicyclic) bond motifs is 6. The smallest absolute Gasteiger partial charge is 0.331 e. The number of allylic oxidation sites excluding steroid dienone is 1. The molecule has 0 bridgehead atoms. The molecule has 0 aromatic carbocycles. The second kappa shape index (κ2) is 8.00. The molecule has 8 rings (SSSR count). The zero-order chi connectivity index (χ0) is 26.9. The van der Waals surface area contributed by atoms with Gasteiger partial charge in [-0.05, 0) is 61.9 Å². The molecule has 10 nitrogen and oxygen atoms in total. The zero-order valence-electron chi connectivity index (χ0n) is 22.3. The summed E-state index contributed by atoms with van der Waals surface area (Å²) in [5.74, 6) is -2.99. The van der Waals surface area contributed by atoms with Gasteiger partial charge in [0, 0.05) is 18.4 Å². The normalized spacial score (nSPS) is 55.8. The largest absolute Gasteiger partial charge is 0.458 e. The van der Waals surface area contributed by atoms with Crippen molar-refractivity contribution in [3.05, 3.63) is 23.3 Å². The molecular weight excluding hydrogens is 508 g/mol. The molecule has 0 aromatic heterocycles. The van der Waals surface area contributed by atoms with Crippen molar-refractivity contribution < 1.29 is 48.2 Å². The van der Waals surface area contributed by atoms with E-state index < -0.39 is 46.5 Å². The van der Waals surface area contributed by atoms with Crippen molar-refractivity contribution in [1.82, 2.24) is 0 Å². The van der Waals surface area contributed by atoms with Gasteiger partial charge in [-0.25, -0.2) is 4.79 Å². The molecule has 0 amide bonds. The summed E-state index contributed by atoms with van der Waals surface area (Å²) in [4.78, 5) is 26.0. The Labute approximate surface area is 226 Å². The molecule has 0 radical (unpaired) electrons. The number of cyclic esters (lactones) is 1. The van der Waals surface area contributed by atoms with Gasteiger partial charge < -0.3 is 38.6 Å². The third-order valence-corrected chi connectivity index (χ3v) is 11.9. The van der Waals surface area contributed by atoms with Gasteiger partial charge in [0.25, 0.3) is 0 Å². The number of rotatable bonds is 1. The summed E-state index contributed by atoms with van der Waals surface area (Å²) >= 11 is 0. The molecule has 4 heterocycles. The first kappa shape index (κ1) is 25.1. The van der Waals surface area contributed by atoms with Gasteiger partial charge in [0.1, 0.15) is 24.9 Å². The first-order valence-corrected chi connectivity index (χ1v) is 14.4. The molecule has 1 spiro atoms. The number of aliphatic hydroxyl groups is 2. The fourth-order valence-corrected chi connectivity index (χ4v) is 9.94. The van der Waals surface area contributed by atoms with Crippen LogP contribution in [0.1, 0.15) is 52.4 Å². The van der Waals surface area contributed by atoms with Gasteiger partial charge in [-0.1, -0.05) is 18.6 Å². The van der Waals surface area contributed by atoms with Crippen LogP contribution in [0.15, 0.2) is 23.3 Å². The summed E-state index contributed by atoms with van der Waals surface area (Å²) in [7, 11) is 0. The Bertz CT molecular complexity index is 1200. The molecule has 0 unspecified atom stereocenters. The van der Waals surface area contributed by atoms with Crippen LogP contribution in [0.5, 0.6) is 0 Å². The summed E-state index contributed by atoms with van der Waals surface area (Å²) in [6.45, 7) is 4.64. The van der Waals surface area contributed by atoms with Gasteiger partial charge in [0.2, 0.25) is 12.1 Å². The highest BCUT2D eigenvalue weighted by Crippen LogP contribution is 2.68. The number of carbonyl (C=O) groups excluding carboxylic acids is 2. The van der Waals surface area contributed by atoms with Crippen molar-refractivity contribution in [2.24, 2.45) is 28.6 Å². The topological polar surface area (TPSA) is 130 Å². The average molecular weight is 545 g/mol. The van der Waals surface area contributed by atoms with Crippen molar-refractivity contribution in [3.63, 3.8) is 0 Å². The van der Waals surface area contributed by atoms with Crippen LogP contribution in [0.2, 0.25) is 0 Å². The van der Waals surface area contributed by atoms with Gasteiger partial charge in [-0.15, -0.1) is 0 Å². The molecule has 4 aliphatic heterocycles. The van der Waals surface area contributed by atoms with E-state index in [2.05, 4.69) is 13.0 Å². The van der Waals surface area contributed by atoms with E-state index in [0.29, 0.717) is 38.7 Å². The van der Waals surface area contributed by atoms with E-state index in [1.807, 2.05) is 0 Å². The Hall–Kier alpha value is -1.66. The van der Waals surface area contributed by atoms with E-state index in [4.69, 9.17) is 28.4 Å². The van der Waals surface area contributed by atoms with Gasteiger partial charge >= 0.3 is 5.97 Å². The van der Waals surface area contributed by atoms with Crippen LogP contribution >= 0.6 is 0 Å². The molecule has 12 atom stereocenters. The maximum atomic E-state index is 14.2. The monoisotopic (exact) mass is 544 g/mol. The quantitative estimate of drug-likeness (QED) is 0.370. The fourth-order valence-electron chi connectivity index (χ4n) is 9.94. The van der Waals surface area contributed by atoms with Gasteiger partial charge in [-0.3, -0.25) is 4.79 Å². The lowest BCUT2D eigenvalue weighted by atomic mass is 9.43. The van der Waals surface area contributed by atoms with E-state index >= 15 is 0 Å². The minimum Gasteiger partial charge on any atom is -0.458 e. The summed E-state index contributed by atoms with van der Waals surface area (Å²) < 4.78 is 35.9. The summed E-state index contributed by atoms with van der Waals surface area (Å²) in [5.41, 5.74) is -1.20. The standard InChI is InChI=1S/C29H36O10/c1-26-11-19-18(38-25-29(39-19)20(6-8-34-25)36-13-37-29)10-15(26)3-4-17-22(26)23(31)24(32)27(2)16(5-7-28(17,27)33)14-9-21(30)35-12-14/h9-10,16-20,22-23,25,31,33H,3-8,11-13H2,1-2H3/t16-,17-,18-,19-,20-,22-,23+,25+,26+,27+,28+,29+/m1/s1. The number of ether oxygens (including phenoxy) is 6. The Kier molecular flexibility index (Phi) is 5.14. The summed E-state index contributed by atoms with van der Waals surface area (Å²) in [6, 6.07) is 0. The lowest BCUT2D eigenvalue weighted by Crippen LogP contribution is -2.71. The second-order valence-electron chi connectivity index (χ2n) is 13.2. The highest BCUT2D eigenvalue weighted by molar-refractivity contribution is 5.93. The average Bonchev–Trinajstić information content (AvgIpc) is 3.60. The molecule has 10 heteroatoms. The molecule has 3 saturated heterocycles. The van der Waals surface area contributed by atoms with Crippen molar-refractivity contribution in [1.29, 1.82) is 0 Å². The maximum Gasteiger partial charge on any atom is 0.331 e. The summed E-state index contributed by atoms with van der Waals surface area (Å²) in [6.07, 6.45) is 4.18. The van der Waals surface area contributed by atoms with E-state index in [1.165, 1.54) is 6.08 Å². The van der Waals surface area contributed by atoms with Gasteiger partial charge in [-0.2, -0.15) is 0 Å². The Morgan fingerprint density at radius 3 is 2.74 bits per heavy atom. The predicted molar refractivity (Wildman–Crippen MR) is 131 cm³/mol. The number of aliphatic hydroxyl groups excluding tert-OH is 1. The Morgan fingerprint density at radius 1 is 1.10 bits per heavy atom. The van der Waals surface area contributed by atoms with E-state index in [9.17, 15) is 19.8 Å². The first-order chi connectivity index (χ1) is 18.6. The molecule has 39 heavy (non-hydrogen) atoms. The third kappa shape index (κ3) is 2.96. The number of esters is 1. The van der Waals surface area contributed by atoms with E-state index in [1.54, 1.807) is 6.92 Å². The van der Waals surface area contributed by atoms with Crippen LogP contribution in [-0.4, -0.2) is 84.1 Å². The molecular formula is C29H36O10. The Morgan fingerprint density at radius 2 is 1.95 bits per heavy atom. The number of ketones is 1. The lowest BCUT2D eigenvalue weighted by molar-refractivity contribution is -0.422. The van der Waals surface area contributed by atoms with Crippen molar-refractivity contribution in [2.75, 3.05) is 20.0 Å². The van der Waals surface area contributed by atoms with E-state index in [-0.39, 0.29) is 49.3 Å². The van der Waals surface area contributed by atoms with Gasteiger partial charge in [0.15, 0.2) is 12.6 Å². The molecule has 3 saturated carbocycles. The minimum atomic E-state index is -1.30. The molecule has 2 N–H and O–H groups in total. The lowest BCUT2D eigenvalue weighted by Gasteiger charge is -2.63. The van der Waals surface area contributed by atoms with Crippen LogP contribution in [-0.2, 0) is 38.0 Å². The van der Waals surface area contributed by atoms with Crippen molar-refractivity contribution >= 4 is 11.8 Å². The maximum absolute atomic E-state index is 14.2. The highest BCUT2D eigenvalue weighted by atomic mass is 16.9. The predicted octanol–water partition coefficient (Wildman–Crippen LogP) is 1.52. The SMILES string of the molecule is C[C@]12C[C@H]3O[C@@]45OCO[C@@H]4CCO[C@H]5O[C@@H]3C=C1CC[C@@H]1[C@@H]2[C@H](O)C(=O)[C@]2(C)[C@@H](C3=CC(=O)OC3)CC[C@]12O. The number of hydrogen-bond donors (Lipinski definition) is 2. The Balaban J connectivity index is 1.16. The van der Waals surface area contributed by atoms with Crippen LogP contribution in [0.3, 0.4) is 0 Å². The van der Waals surface area contributed by atoms with E-state index in [0.717, 1.165) is 17.6 Å². The molecule has 212 valence electrons. The fraction of sp³-hybridized carbons (Fsp3) is 0.793. The number of hydrogen-bond acceptors (Lipinski definition) is 10. The van der Waals surface area contributed by atoms with Crippen LogP contribution in [0.4, 0.5) is 0 Å². The first-order valence-electron chi connectivity index (χ1n) is 14.4. The second-order valence-corrected chi connectivity index (χ2v) is 13.2. The highest BCUT2D eigenvalue weighted by Gasteiger charge is 2.74. The van der Waals surface area contributed by atoms with Crippen LogP contribution in [0.25, 0.3) is 0 Å². The van der Waals surface area contributed by atoms with Crippen molar-refractivity contribution in [3.8, 4) is 0 Å². The van der Waals surface area contributed by atoms with Crippen LogP contribution in [0, 0.1) is 28.6 Å². The molecule has 6 fully saturated rings.